The van der Waals surface area contributed by atoms with E-state index in [1.165, 1.54) is 5.56 Å². The molecule has 126 valence electrons. The zero-order chi connectivity index (χ0) is 16.8. The normalized spacial score (nSPS) is 14.5. The molecule has 0 spiro atoms. The molecule has 0 saturated carbocycles. The van der Waals surface area contributed by atoms with Crippen LogP contribution in [0.3, 0.4) is 0 Å². The molecule has 1 fully saturated rings. The maximum atomic E-state index is 10.8. The summed E-state index contributed by atoms with van der Waals surface area (Å²) in [6, 6.07) is 12.3. The smallest absolute Gasteiger partial charge is 0.227 e. The van der Waals surface area contributed by atoms with Gasteiger partial charge in [0, 0.05) is 45.5 Å². The fourth-order valence-electron chi connectivity index (χ4n) is 2.85. The Labute approximate surface area is 142 Å². The predicted molar refractivity (Wildman–Crippen MR) is 95.0 cm³/mol. The molecule has 1 aromatic heterocycles. The summed E-state index contributed by atoms with van der Waals surface area (Å²) in [5.41, 5.74) is 1.24. The molecule has 6 nitrogen and oxygen atoms in total. The van der Waals surface area contributed by atoms with Crippen molar-refractivity contribution in [2.45, 2.75) is 13.5 Å². The lowest BCUT2D eigenvalue weighted by molar-refractivity contribution is -0.118. The van der Waals surface area contributed by atoms with Crippen LogP contribution in [-0.2, 0) is 11.3 Å². The average molecular weight is 325 g/mol. The van der Waals surface area contributed by atoms with Crippen LogP contribution in [0.4, 0.5) is 11.8 Å². The molecule has 24 heavy (non-hydrogen) atoms. The van der Waals surface area contributed by atoms with Gasteiger partial charge in [-0.15, -0.1) is 0 Å². The number of amides is 1. The molecule has 0 N–H and O–H groups in total. The van der Waals surface area contributed by atoms with E-state index in [0.29, 0.717) is 0 Å². The molecule has 6 heteroatoms. The van der Waals surface area contributed by atoms with E-state index >= 15 is 0 Å². The molecular formula is C18H23N5O. The zero-order valence-electron chi connectivity index (χ0n) is 14.0. The maximum absolute atomic E-state index is 10.8. The van der Waals surface area contributed by atoms with Gasteiger partial charge in [0.05, 0.1) is 0 Å². The zero-order valence-corrected chi connectivity index (χ0v) is 14.0. The minimum Gasteiger partial charge on any atom is -0.353 e. The van der Waals surface area contributed by atoms with E-state index in [1.54, 1.807) is 4.90 Å². The van der Waals surface area contributed by atoms with Gasteiger partial charge in [0.15, 0.2) is 0 Å². The van der Waals surface area contributed by atoms with Crippen molar-refractivity contribution in [1.82, 2.24) is 14.9 Å². The van der Waals surface area contributed by atoms with Gasteiger partial charge in [0.1, 0.15) is 5.82 Å². The molecule has 1 aliphatic rings. The predicted octanol–water partition coefficient (Wildman–Crippen LogP) is 1.78. The quantitative estimate of drug-likeness (QED) is 0.758. The molecule has 0 radical (unpaired) electrons. The first-order valence-corrected chi connectivity index (χ1v) is 8.36. The Morgan fingerprint density at radius 1 is 1.12 bits per heavy atom. The van der Waals surface area contributed by atoms with E-state index in [9.17, 15) is 4.79 Å². The van der Waals surface area contributed by atoms with Gasteiger partial charge in [-0.25, -0.2) is 4.98 Å². The van der Waals surface area contributed by atoms with E-state index in [1.807, 2.05) is 30.5 Å². The summed E-state index contributed by atoms with van der Waals surface area (Å²) < 4.78 is 0. The van der Waals surface area contributed by atoms with Crippen LogP contribution in [0.1, 0.15) is 12.5 Å². The number of aromatic nitrogens is 2. The fourth-order valence-corrected chi connectivity index (χ4v) is 2.85. The number of hydrogen-bond acceptors (Lipinski definition) is 5. The molecule has 1 amide bonds. The van der Waals surface area contributed by atoms with Gasteiger partial charge in [-0.1, -0.05) is 30.3 Å². The number of carbonyl (C=O) groups is 1. The lowest BCUT2D eigenvalue weighted by atomic mass is 10.2. The van der Waals surface area contributed by atoms with E-state index in [2.05, 4.69) is 33.8 Å². The number of piperazine rings is 1. The molecule has 0 bridgehead atoms. The van der Waals surface area contributed by atoms with Crippen molar-refractivity contribution in [3.8, 4) is 0 Å². The highest BCUT2D eigenvalue weighted by Crippen LogP contribution is 2.18. The van der Waals surface area contributed by atoms with Crippen molar-refractivity contribution >= 4 is 18.2 Å². The second kappa shape index (κ2) is 7.77. The minimum atomic E-state index is 0.740. The van der Waals surface area contributed by atoms with Gasteiger partial charge in [0.25, 0.3) is 0 Å². The standard InChI is InChI=1S/C18H23N5O/c1-2-22(14-16-6-4-3-5-7-16)18-19-9-8-17(20-18)23-12-10-21(15-24)11-13-23/h3-9,15H,2,10-14H2,1H3. The monoisotopic (exact) mass is 325 g/mol. The van der Waals surface area contributed by atoms with Gasteiger partial charge in [-0.3, -0.25) is 4.79 Å². The Hall–Kier alpha value is -2.63. The molecule has 0 atom stereocenters. The Morgan fingerprint density at radius 2 is 1.88 bits per heavy atom. The van der Waals surface area contributed by atoms with Crippen molar-refractivity contribution in [2.75, 3.05) is 42.5 Å². The van der Waals surface area contributed by atoms with Gasteiger partial charge in [-0.2, -0.15) is 4.98 Å². The molecule has 1 saturated heterocycles. The topological polar surface area (TPSA) is 52.6 Å². The number of benzene rings is 1. The van der Waals surface area contributed by atoms with Crippen LogP contribution in [0.2, 0.25) is 0 Å². The van der Waals surface area contributed by atoms with Crippen molar-refractivity contribution in [3.05, 3.63) is 48.2 Å². The third-order valence-corrected chi connectivity index (χ3v) is 4.30. The first kappa shape index (κ1) is 16.2. The first-order chi connectivity index (χ1) is 11.8. The molecular weight excluding hydrogens is 302 g/mol. The van der Waals surface area contributed by atoms with E-state index in [4.69, 9.17) is 4.98 Å². The Balaban J connectivity index is 1.73. The maximum Gasteiger partial charge on any atom is 0.227 e. The largest absolute Gasteiger partial charge is 0.353 e. The Morgan fingerprint density at radius 3 is 2.54 bits per heavy atom. The molecule has 1 aliphatic heterocycles. The fraction of sp³-hybridized carbons (Fsp3) is 0.389. The minimum absolute atomic E-state index is 0.740. The highest BCUT2D eigenvalue weighted by molar-refractivity contribution is 5.50. The summed E-state index contributed by atoms with van der Waals surface area (Å²) in [4.78, 5) is 26.2. The van der Waals surface area contributed by atoms with Crippen molar-refractivity contribution < 1.29 is 4.79 Å². The van der Waals surface area contributed by atoms with E-state index in [0.717, 1.165) is 57.4 Å². The van der Waals surface area contributed by atoms with Crippen LogP contribution < -0.4 is 9.80 Å². The number of hydrogen-bond donors (Lipinski definition) is 0. The molecule has 3 rings (SSSR count). The first-order valence-electron chi connectivity index (χ1n) is 8.36. The summed E-state index contributed by atoms with van der Waals surface area (Å²) >= 11 is 0. The molecule has 0 aliphatic carbocycles. The van der Waals surface area contributed by atoms with Crippen molar-refractivity contribution in [1.29, 1.82) is 0 Å². The van der Waals surface area contributed by atoms with Gasteiger partial charge in [0.2, 0.25) is 12.4 Å². The summed E-state index contributed by atoms with van der Waals surface area (Å²) in [7, 11) is 0. The number of nitrogens with zero attached hydrogens (tertiary/aromatic N) is 5. The lowest BCUT2D eigenvalue weighted by Crippen LogP contribution is -2.46. The van der Waals surface area contributed by atoms with Crippen LogP contribution in [0.25, 0.3) is 0 Å². The SMILES string of the molecule is CCN(Cc1ccccc1)c1nccc(N2CCN(C=O)CC2)n1. The van der Waals surface area contributed by atoms with Crippen LogP contribution in [0, 0.1) is 0 Å². The number of carbonyl (C=O) groups excluding carboxylic acids is 1. The second-order valence-corrected chi connectivity index (χ2v) is 5.84. The highest BCUT2D eigenvalue weighted by Gasteiger charge is 2.18. The molecule has 2 heterocycles. The van der Waals surface area contributed by atoms with Gasteiger partial charge in [-0.05, 0) is 18.6 Å². The molecule has 2 aromatic rings. The van der Waals surface area contributed by atoms with E-state index < -0.39 is 0 Å². The third-order valence-electron chi connectivity index (χ3n) is 4.30. The second-order valence-electron chi connectivity index (χ2n) is 5.84. The van der Waals surface area contributed by atoms with Crippen LogP contribution in [0.15, 0.2) is 42.6 Å². The van der Waals surface area contributed by atoms with E-state index in [-0.39, 0.29) is 0 Å². The van der Waals surface area contributed by atoms with Crippen LogP contribution in [-0.4, -0.2) is 54.0 Å². The van der Waals surface area contributed by atoms with Crippen LogP contribution >= 0.6 is 0 Å². The Kier molecular flexibility index (Phi) is 5.25. The molecule has 0 unspecified atom stereocenters. The summed E-state index contributed by atoms with van der Waals surface area (Å²) in [5, 5.41) is 0. The van der Waals surface area contributed by atoms with Gasteiger partial charge < -0.3 is 14.7 Å². The summed E-state index contributed by atoms with van der Waals surface area (Å²) in [5.74, 6) is 1.67. The average Bonchev–Trinajstić information content (AvgIpc) is 2.67. The number of rotatable bonds is 6. The third kappa shape index (κ3) is 3.82. The van der Waals surface area contributed by atoms with Gasteiger partial charge >= 0.3 is 0 Å². The number of anilines is 2. The van der Waals surface area contributed by atoms with Crippen LogP contribution in [0.5, 0.6) is 0 Å². The summed E-state index contributed by atoms with van der Waals surface area (Å²) in [6.07, 6.45) is 2.73. The van der Waals surface area contributed by atoms with Crippen molar-refractivity contribution in [3.63, 3.8) is 0 Å². The lowest BCUT2D eigenvalue weighted by Gasteiger charge is -2.33. The highest BCUT2D eigenvalue weighted by atomic mass is 16.1. The summed E-state index contributed by atoms with van der Waals surface area (Å²) in [6.45, 7) is 6.84. The Bertz CT molecular complexity index is 655. The van der Waals surface area contributed by atoms with Crippen molar-refractivity contribution in [2.24, 2.45) is 0 Å². The molecule has 1 aromatic carbocycles.